The lowest BCUT2D eigenvalue weighted by Crippen LogP contribution is -2.23. The monoisotopic (exact) mass is 343 g/mol. The summed E-state index contributed by atoms with van der Waals surface area (Å²) in [6.45, 7) is 2.94. The summed E-state index contributed by atoms with van der Waals surface area (Å²) in [5.74, 6) is 2.28. The Morgan fingerprint density at radius 1 is 1.04 bits per heavy atom. The second-order valence-electron chi connectivity index (χ2n) is 5.67. The molecule has 0 aromatic heterocycles. The summed E-state index contributed by atoms with van der Waals surface area (Å²) >= 11 is 0. The van der Waals surface area contributed by atoms with Gasteiger partial charge in [-0.15, -0.1) is 0 Å². The first kappa shape index (κ1) is 18.6. The van der Waals surface area contributed by atoms with Gasteiger partial charge < -0.3 is 19.5 Å². The molecule has 0 saturated carbocycles. The van der Waals surface area contributed by atoms with E-state index < -0.39 is 0 Å². The van der Waals surface area contributed by atoms with Crippen LogP contribution >= 0.6 is 0 Å². The summed E-state index contributed by atoms with van der Waals surface area (Å²) in [6.07, 6.45) is 1.09. The number of carbonyl (C=O) groups excluding carboxylic acids is 1. The maximum Gasteiger partial charge on any atom is 0.220 e. The third-order valence-corrected chi connectivity index (χ3v) is 3.87. The van der Waals surface area contributed by atoms with Crippen LogP contribution in [0, 0.1) is 6.92 Å². The SMILES string of the molecule is COc1ccc(CNC(=O)CCCOc2ccccc2C)c(OC)c1. The lowest BCUT2D eigenvalue weighted by atomic mass is 10.2. The molecule has 134 valence electrons. The maximum absolute atomic E-state index is 12.0. The summed E-state index contributed by atoms with van der Waals surface area (Å²) in [5, 5.41) is 2.91. The summed E-state index contributed by atoms with van der Waals surface area (Å²) in [6, 6.07) is 13.4. The van der Waals surface area contributed by atoms with Crippen LogP contribution in [0.5, 0.6) is 17.2 Å². The highest BCUT2D eigenvalue weighted by Gasteiger charge is 2.07. The Bertz CT molecular complexity index is 700. The zero-order valence-electron chi connectivity index (χ0n) is 15.0. The van der Waals surface area contributed by atoms with Crippen LogP contribution in [0.15, 0.2) is 42.5 Å². The molecule has 0 spiro atoms. The van der Waals surface area contributed by atoms with Crippen LogP contribution in [-0.4, -0.2) is 26.7 Å². The second-order valence-corrected chi connectivity index (χ2v) is 5.67. The number of hydrogen-bond acceptors (Lipinski definition) is 4. The van der Waals surface area contributed by atoms with Gasteiger partial charge >= 0.3 is 0 Å². The first-order valence-electron chi connectivity index (χ1n) is 8.30. The molecule has 1 amide bonds. The van der Waals surface area contributed by atoms with E-state index in [-0.39, 0.29) is 5.91 Å². The van der Waals surface area contributed by atoms with Crippen molar-refractivity contribution in [2.75, 3.05) is 20.8 Å². The summed E-state index contributed by atoms with van der Waals surface area (Å²) < 4.78 is 16.2. The molecule has 25 heavy (non-hydrogen) atoms. The number of ether oxygens (including phenoxy) is 3. The molecule has 0 aliphatic carbocycles. The highest BCUT2D eigenvalue weighted by molar-refractivity contribution is 5.75. The standard InChI is InChI=1S/C20H25NO4/c1-15-7-4-5-8-18(15)25-12-6-9-20(22)21-14-16-10-11-17(23-2)13-19(16)24-3/h4-5,7-8,10-11,13H,6,9,12,14H2,1-3H3,(H,21,22). The van der Waals surface area contributed by atoms with E-state index in [9.17, 15) is 4.79 Å². The summed E-state index contributed by atoms with van der Waals surface area (Å²) in [4.78, 5) is 12.0. The number of carbonyl (C=O) groups is 1. The molecular formula is C20H25NO4. The van der Waals surface area contributed by atoms with Crippen LogP contribution in [0.25, 0.3) is 0 Å². The van der Waals surface area contributed by atoms with E-state index in [1.54, 1.807) is 20.3 Å². The van der Waals surface area contributed by atoms with Crippen molar-refractivity contribution >= 4 is 5.91 Å². The van der Waals surface area contributed by atoms with Gasteiger partial charge in [-0.3, -0.25) is 4.79 Å². The molecule has 5 nitrogen and oxygen atoms in total. The van der Waals surface area contributed by atoms with Gasteiger partial charge in [0.2, 0.25) is 5.91 Å². The Hall–Kier alpha value is -2.69. The van der Waals surface area contributed by atoms with Crippen molar-refractivity contribution in [3.05, 3.63) is 53.6 Å². The highest BCUT2D eigenvalue weighted by atomic mass is 16.5. The van der Waals surface area contributed by atoms with Gasteiger partial charge in [-0.1, -0.05) is 18.2 Å². The van der Waals surface area contributed by atoms with Gasteiger partial charge in [0.15, 0.2) is 0 Å². The largest absolute Gasteiger partial charge is 0.497 e. The number of amides is 1. The molecule has 0 heterocycles. The van der Waals surface area contributed by atoms with Crippen molar-refractivity contribution in [1.29, 1.82) is 0 Å². The molecule has 2 aromatic rings. The van der Waals surface area contributed by atoms with Gasteiger partial charge in [-0.2, -0.15) is 0 Å². The van der Waals surface area contributed by atoms with Gasteiger partial charge in [0.05, 0.1) is 20.8 Å². The minimum atomic E-state index is -0.00810. The van der Waals surface area contributed by atoms with Crippen molar-refractivity contribution in [2.45, 2.75) is 26.3 Å². The minimum Gasteiger partial charge on any atom is -0.497 e. The number of benzene rings is 2. The number of para-hydroxylation sites is 1. The van der Waals surface area contributed by atoms with Crippen LogP contribution in [-0.2, 0) is 11.3 Å². The molecule has 5 heteroatoms. The Balaban J connectivity index is 1.73. The van der Waals surface area contributed by atoms with E-state index in [0.717, 1.165) is 22.6 Å². The molecule has 0 saturated heterocycles. The third kappa shape index (κ3) is 5.71. The molecular weight excluding hydrogens is 318 g/mol. The summed E-state index contributed by atoms with van der Waals surface area (Å²) in [7, 11) is 3.21. The normalized spacial score (nSPS) is 10.2. The van der Waals surface area contributed by atoms with Crippen molar-refractivity contribution in [2.24, 2.45) is 0 Å². The van der Waals surface area contributed by atoms with E-state index >= 15 is 0 Å². The Kier molecular flexibility index (Phi) is 7.14. The number of hydrogen-bond donors (Lipinski definition) is 1. The lowest BCUT2D eigenvalue weighted by molar-refractivity contribution is -0.121. The number of nitrogens with one attached hydrogen (secondary N) is 1. The quantitative estimate of drug-likeness (QED) is 0.708. The number of aryl methyl sites for hydroxylation is 1. The fourth-order valence-corrected chi connectivity index (χ4v) is 2.41. The van der Waals surface area contributed by atoms with E-state index in [1.807, 2.05) is 43.3 Å². The Morgan fingerprint density at radius 3 is 2.56 bits per heavy atom. The predicted octanol–water partition coefficient (Wildman–Crippen LogP) is 3.49. The molecule has 1 N–H and O–H groups in total. The van der Waals surface area contributed by atoms with Gasteiger partial charge in [-0.25, -0.2) is 0 Å². The van der Waals surface area contributed by atoms with Gasteiger partial charge in [0.1, 0.15) is 17.2 Å². The van der Waals surface area contributed by atoms with Gasteiger partial charge in [0.25, 0.3) is 0 Å². The molecule has 0 bridgehead atoms. The van der Waals surface area contributed by atoms with Gasteiger partial charge in [0, 0.05) is 24.6 Å². The minimum absolute atomic E-state index is 0.00810. The molecule has 0 aliphatic heterocycles. The molecule has 0 fully saturated rings. The van der Waals surface area contributed by atoms with Crippen LogP contribution < -0.4 is 19.5 Å². The van der Waals surface area contributed by atoms with Crippen molar-refractivity contribution < 1.29 is 19.0 Å². The van der Waals surface area contributed by atoms with Crippen molar-refractivity contribution in [3.8, 4) is 17.2 Å². The Morgan fingerprint density at radius 2 is 1.84 bits per heavy atom. The Labute approximate surface area is 148 Å². The zero-order valence-corrected chi connectivity index (χ0v) is 15.0. The predicted molar refractivity (Wildman–Crippen MR) is 97.3 cm³/mol. The summed E-state index contributed by atoms with van der Waals surface area (Å²) in [5.41, 5.74) is 2.01. The molecule has 2 aromatic carbocycles. The highest BCUT2D eigenvalue weighted by Crippen LogP contribution is 2.24. The van der Waals surface area contributed by atoms with E-state index in [2.05, 4.69) is 5.32 Å². The van der Waals surface area contributed by atoms with E-state index in [0.29, 0.717) is 31.7 Å². The van der Waals surface area contributed by atoms with Crippen LogP contribution in [0.4, 0.5) is 0 Å². The molecule has 0 aliphatic rings. The molecule has 2 rings (SSSR count). The van der Waals surface area contributed by atoms with Crippen molar-refractivity contribution in [1.82, 2.24) is 5.32 Å². The van der Waals surface area contributed by atoms with Crippen LogP contribution in [0.3, 0.4) is 0 Å². The maximum atomic E-state index is 12.0. The first-order chi connectivity index (χ1) is 12.1. The van der Waals surface area contributed by atoms with E-state index in [4.69, 9.17) is 14.2 Å². The van der Waals surface area contributed by atoms with Crippen LogP contribution in [0.2, 0.25) is 0 Å². The average molecular weight is 343 g/mol. The third-order valence-electron chi connectivity index (χ3n) is 3.87. The molecule has 0 atom stereocenters. The first-order valence-corrected chi connectivity index (χ1v) is 8.30. The lowest BCUT2D eigenvalue weighted by Gasteiger charge is -2.12. The topological polar surface area (TPSA) is 56.8 Å². The smallest absolute Gasteiger partial charge is 0.220 e. The number of rotatable bonds is 9. The van der Waals surface area contributed by atoms with Crippen LogP contribution in [0.1, 0.15) is 24.0 Å². The fraction of sp³-hybridized carbons (Fsp3) is 0.350. The average Bonchev–Trinajstić information content (AvgIpc) is 2.64. The molecule has 0 unspecified atom stereocenters. The zero-order chi connectivity index (χ0) is 18.1. The number of methoxy groups -OCH3 is 2. The molecule has 0 radical (unpaired) electrons. The fourth-order valence-electron chi connectivity index (χ4n) is 2.41. The van der Waals surface area contributed by atoms with Crippen molar-refractivity contribution in [3.63, 3.8) is 0 Å². The van der Waals surface area contributed by atoms with E-state index in [1.165, 1.54) is 0 Å². The second kappa shape index (κ2) is 9.57. The van der Waals surface area contributed by atoms with Gasteiger partial charge in [-0.05, 0) is 37.1 Å².